The van der Waals surface area contributed by atoms with Gasteiger partial charge in [0, 0.05) is 37.3 Å². The molecule has 1 heterocycles. The molecule has 0 bridgehead atoms. The van der Waals surface area contributed by atoms with E-state index in [1.165, 1.54) is 55.2 Å². The molecular weight excluding hydrogens is 428 g/mol. The fourth-order valence-corrected chi connectivity index (χ4v) is 5.88. The molecule has 0 spiro atoms. The van der Waals surface area contributed by atoms with Gasteiger partial charge in [-0.3, -0.25) is 19.3 Å². The highest BCUT2D eigenvalue weighted by Crippen LogP contribution is 2.43. The maximum Gasteiger partial charge on any atom is 0.253 e. The van der Waals surface area contributed by atoms with Crippen LogP contribution >= 0.6 is 0 Å². The van der Waals surface area contributed by atoms with Crippen molar-refractivity contribution in [3.8, 4) is 0 Å². The predicted molar refractivity (Wildman–Crippen MR) is 133 cm³/mol. The number of hydrogen-bond donors (Lipinski definition) is 0. The van der Waals surface area contributed by atoms with Crippen LogP contribution in [0.5, 0.6) is 0 Å². The Bertz CT molecular complexity index is 873. The zero-order valence-electron chi connectivity index (χ0n) is 20.7. The van der Waals surface area contributed by atoms with E-state index < -0.39 is 0 Å². The summed E-state index contributed by atoms with van der Waals surface area (Å²) in [6, 6.07) is 8.64. The first-order valence-electron chi connectivity index (χ1n) is 12.7. The molecular formula is C28H38N2O4. The molecule has 4 rings (SSSR count). The van der Waals surface area contributed by atoms with Crippen molar-refractivity contribution in [1.29, 1.82) is 0 Å². The van der Waals surface area contributed by atoms with E-state index in [4.69, 9.17) is 4.79 Å². The monoisotopic (exact) mass is 466 g/mol. The molecule has 0 saturated heterocycles. The van der Waals surface area contributed by atoms with Gasteiger partial charge in [-0.05, 0) is 93.7 Å². The molecule has 2 aliphatic carbocycles. The Morgan fingerprint density at radius 1 is 0.912 bits per heavy atom. The van der Waals surface area contributed by atoms with Gasteiger partial charge in [0.25, 0.3) is 11.8 Å². The number of benzene rings is 1. The second kappa shape index (κ2) is 12.1. The Morgan fingerprint density at radius 2 is 1.38 bits per heavy atom. The van der Waals surface area contributed by atoms with Gasteiger partial charge < -0.3 is 9.69 Å². The minimum absolute atomic E-state index is 0.0961. The maximum absolute atomic E-state index is 11.9. The molecule has 0 N–H and O–H groups in total. The first-order valence-corrected chi connectivity index (χ1v) is 12.7. The van der Waals surface area contributed by atoms with E-state index in [1.54, 1.807) is 4.90 Å². The molecule has 2 fully saturated rings. The van der Waals surface area contributed by atoms with Crippen molar-refractivity contribution in [2.45, 2.75) is 83.6 Å². The molecule has 1 aliphatic heterocycles. The number of rotatable bonds is 5. The van der Waals surface area contributed by atoms with Gasteiger partial charge in [-0.25, -0.2) is 0 Å². The Morgan fingerprint density at radius 3 is 1.85 bits per heavy atom. The summed E-state index contributed by atoms with van der Waals surface area (Å²) in [5.74, 6) is 1.98. The predicted octanol–water partition coefficient (Wildman–Crippen LogP) is 5.02. The molecule has 0 atom stereocenters. The van der Waals surface area contributed by atoms with Gasteiger partial charge in [0.05, 0.1) is 0 Å². The number of carbonyl (C=O) groups is 4. The summed E-state index contributed by atoms with van der Waals surface area (Å²) in [4.78, 5) is 47.8. The molecule has 1 aromatic rings. The molecule has 3 aliphatic rings. The van der Waals surface area contributed by atoms with Crippen molar-refractivity contribution in [2.24, 2.45) is 11.8 Å². The summed E-state index contributed by atoms with van der Waals surface area (Å²) in [7, 11) is 1.84. The van der Waals surface area contributed by atoms with Gasteiger partial charge in [0.2, 0.25) is 5.91 Å². The average Bonchev–Trinajstić information content (AvgIpc) is 3.21. The van der Waals surface area contributed by atoms with E-state index in [1.807, 2.05) is 14.0 Å². The summed E-state index contributed by atoms with van der Waals surface area (Å²) >= 11 is 0. The van der Waals surface area contributed by atoms with Crippen molar-refractivity contribution in [3.05, 3.63) is 42.0 Å². The number of anilines is 1. The third kappa shape index (κ3) is 6.02. The molecule has 0 unspecified atom stereocenters. The lowest BCUT2D eigenvalue weighted by Crippen LogP contribution is -2.42. The van der Waals surface area contributed by atoms with Crippen molar-refractivity contribution in [3.63, 3.8) is 0 Å². The van der Waals surface area contributed by atoms with E-state index in [0.717, 1.165) is 49.5 Å². The van der Waals surface area contributed by atoms with Crippen LogP contribution in [-0.2, 0) is 19.2 Å². The van der Waals surface area contributed by atoms with Gasteiger partial charge in [-0.15, -0.1) is 0 Å². The minimum Gasteiger partial charge on any atom is -0.316 e. The third-order valence-corrected chi connectivity index (χ3v) is 7.82. The van der Waals surface area contributed by atoms with Crippen molar-refractivity contribution >= 4 is 29.7 Å². The zero-order valence-corrected chi connectivity index (χ0v) is 20.7. The van der Waals surface area contributed by atoms with E-state index >= 15 is 0 Å². The highest BCUT2D eigenvalue weighted by molar-refractivity contribution is 6.13. The first-order chi connectivity index (χ1) is 16.4. The van der Waals surface area contributed by atoms with Crippen LogP contribution in [0, 0.1) is 11.8 Å². The molecule has 2 saturated carbocycles. The highest BCUT2D eigenvalue weighted by Gasteiger charge is 2.36. The summed E-state index contributed by atoms with van der Waals surface area (Å²) < 4.78 is 0. The van der Waals surface area contributed by atoms with Gasteiger partial charge in [0.1, 0.15) is 6.29 Å². The molecule has 184 valence electrons. The Hall–Kier alpha value is -2.76. The number of carbonyl (C=O) groups excluding carboxylic acids is 4. The molecule has 6 heteroatoms. The number of imide groups is 1. The molecule has 6 nitrogen and oxygen atoms in total. The molecule has 34 heavy (non-hydrogen) atoms. The Balaban J connectivity index is 0.00000103. The van der Waals surface area contributed by atoms with E-state index in [9.17, 15) is 14.4 Å². The average molecular weight is 467 g/mol. The minimum atomic E-state index is -0.134. The fraction of sp³-hybridized carbons (Fsp3) is 0.571. The summed E-state index contributed by atoms with van der Waals surface area (Å²) in [5, 5.41) is 0. The lowest BCUT2D eigenvalue weighted by Gasteiger charge is -2.39. The van der Waals surface area contributed by atoms with Gasteiger partial charge in [-0.2, -0.15) is 0 Å². The summed E-state index contributed by atoms with van der Waals surface area (Å²) in [6.45, 7) is 3.33. The van der Waals surface area contributed by atoms with Crippen molar-refractivity contribution in [1.82, 2.24) is 4.90 Å². The maximum atomic E-state index is 11.9. The zero-order chi connectivity index (χ0) is 24.7. The standard InChI is InChI=1S/C26H34N2O3.C2H4O/c1-3-24(29)27(2)22-12-8-20(9-13-22)18-4-6-19(7-5-18)21-10-14-23(15-11-21)28-25(30)16-17-26(28)31;1-2-3/h8-9,12-13,16-19,21,23H,3-7,10-11,14-15H2,1-2H3;2H,1H3. The van der Waals surface area contributed by atoms with Crippen LogP contribution in [-0.4, -0.2) is 42.0 Å². The second-order valence-corrected chi connectivity index (χ2v) is 9.69. The SMILES string of the molecule is CC=O.CCC(=O)N(C)c1ccc(C2CCC(C3CCC(N4C(=O)C=CC4=O)CC3)CC2)cc1. The Labute approximate surface area is 203 Å². The van der Waals surface area contributed by atoms with Gasteiger partial charge in [0.15, 0.2) is 0 Å². The Kier molecular flexibility index (Phi) is 9.20. The molecule has 1 aromatic carbocycles. The van der Waals surface area contributed by atoms with Crippen LogP contribution in [0.1, 0.15) is 83.1 Å². The number of nitrogens with zero attached hydrogens (tertiary/aromatic N) is 2. The van der Waals surface area contributed by atoms with Gasteiger partial charge >= 0.3 is 0 Å². The van der Waals surface area contributed by atoms with E-state index in [-0.39, 0.29) is 23.8 Å². The quantitative estimate of drug-likeness (QED) is 0.451. The van der Waals surface area contributed by atoms with Crippen molar-refractivity contribution in [2.75, 3.05) is 11.9 Å². The highest BCUT2D eigenvalue weighted by atomic mass is 16.2. The lowest BCUT2D eigenvalue weighted by molar-refractivity contribution is -0.140. The third-order valence-electron chi connectivity index (χ3n) is 7.82. The lowest BCUT2D eigenvalue weighted by atomic mass is 9.69. The van der Waals surface area contributed by atoms with Crippen LogP contribution in [0.4, 0.5) is 5.69 Å². The van der Waals surface area contributed by atoms with Crippen molar-refractivity contribution < 1.29 is 19.2 Å². The van der Waals surface area contributed by atoms with Crippen LogP contribution in [0.2, 0.25) is 0 Å². The van der Waals surface area contributed by atoms with Crippen LogP contribution < -0.4 is 4.90 Å². The van der Waals surface area contributed by atoms with Crippen LogP contribution in [0.25, 0.3) is 0 Å². The summed E-state index contributed by atoms with van der Waals surface area (Å²) in [6.07, 6.45) is 13.2. The number of aldehydes is 1. The topological polar surface area (TPSA) is 74.8 Å². The number of hydrogen-bond acceptors (Lipinski definition) is 4. The fourth-order valence-electron chi connectivity index (χ4n) is 5.88. The van der Waals surface area contributed by atoms with Gasteiger partial charge in [-0.1, -0.05) is 19.1 Å². The molecule has 0 radical (unpaired) electrons. The van der Waals surface area contributed by atoms with Crippen LogP contribution in [0.15, 0.2) is 36.4 Å². The first kappa shape index (κ1) is 25.9. The van der Waals surface area contributed by atoms with E-state index in [2.05, 4.69) is 24.3 Å². The van der Waals surface area contributed by atoms with E-state index in [0.29, 0.717) is 12.3 Å². The second-order valence-electron chi connectivity index (χ2n) is 9.69. The number of amides is 3. The normalized spacial score (nSPS) is 26.6. The van der Waals surface area contributed by atoms with Crippen LogP contribution in [0.3, 0.4) is 0 Å². The molecule has 3 amide bonds. The summed E-state index contributed by atoms with van der Waals surface area (Å²) in [5.41, 5.74) is 2.35. The largest absolute Gasteiger partial charge is 0.316 e. The smallest absolute Gasteiger partial charge is 0.253 e. The molecule has 0 aromatic heterocycles.